The van der Waals surface area contributed by atoms with Crippen LogP contribution in [0, 0.1) is 0 Å². The van der Waals surface area contributed by atoms with Gasteiger partial charge in [-0.05, 0) is 35.9 Å². The van der Waals surface area contributed by atoms with Crippen molar-refractivity contribution < 1.29 is 19.1 Å². The maximum atomic E-state index is 12.2. The standard InChI is InChI=1S/C21H22N2O4/c1-26-18-10-8-15(12-19(18)27-2)9-11-20(24)22-16-13-21(25)23(14-16)17-6-4-3-5-7-17/h3-12,16H,13-14H2,1-2H3,(H,22,24)/b11-9-/t16-/m1/s1. The first-order valence-electron chi connectivity index (χ1n) is 8.66. The van der Waals surface area contributed by atoms with Gasteiger partial charge < -0.3 is 19.7 Å². The highest BCUT2D eigenvalue weighted by Gasteiger charge is 2.31. The number of carbonyl (C=O) groups excluding carboxylic acids is 2. The summed E-state index contributed by atoms with van der Waals surface area (Å²) >= 11 is 0. The molecular formula is C21H22N2O4. The Morgan fingerprint density at radius 3 is 2.56 bits per heavy atom. The maximum Gasteiger partial charge on any atom is 0.244 e. The average molecular weight is 366 g/mol. The molecule has 2 aromatic rings. The highest BCUT2D eigenvalue weighted by molar-refractivity contribution is 5.98. The molecule has 1 fully saturated rings. The SMILES string of the molecule is COc1ccc(/C=C\C(=O)N[C@@H]2CC(=O)N(c3ccccc3)C2)cc1OC. The van der Waals surface area contributed by atoms with Gasteiger partial charge in [-0.15, -0.1) is 0 Å². The van der Waals surface area contributed by atoms with Crippen LogP contribution < -0.4 is 19.7 Å². The molecule has 0 aliphatic carbocycles. The van der Waals surface area contributed by atoms with E-state index in [2.05, 4.69) is 5.32 Å². The Bertz CT molecular complexity index is 849. The molecule has 0 unspecified atom stereocenters. The summed E-state index contributed by atoms with van der Waals surface area (Å²) in [6, 6.07) is 14.7. The molecule has 0 aromatic heterocycles. The van der Waals surface area contributed by atoms with E-state index in [-0.39, 0.29) is 17.9 Å². The third kappa shape index (κ3) is 4.47. The van der Waals surface area contributed by atoms with Gasteiger partial charge >= 0.3 is 0 Å². The number of benzene rings is 2. The van der Waals surface area contributed by atoms with Crippen molar-refractivity contribution in [2.24, 2.45) is 0 Å². The zero-order chi connectivity index (χ0) is 19.2. The minimum atomic E-state index is -0.238. The summed E-state index contributed by atoms with van der Waals surface area (Å²) in [5.41, 5.74) is 1.66. The number of hydrogen-bond acceptors (Lipinski definition) is 4. The van der Waals surface area contributed by atoms with Crippen LogP contribution in [0.3, 0.4) is 0 Å². The highest BCUT2D eigenvalue weighted by atomic mass is 16.5. The number of ether oxygens (including phenoxy) is 2. The first-order valence-corrected chi connectivity index (χ1v) is 8.66. The molecule has 1 saturated heterocycles. The summed E-state index contributed by atoms with van der Waals surface area (Å²) in [5.74, 6) is 0.998. The van der Waals surface area contributed by atoms with Crippen LogP contribution in [0.4, 0.5) is 5.69 Å². The fourth-order valence-electron chi connectivity index (χ4n) is 3.04. The zero-order valence-corrected chi connectivity index (χ0v) is 15.3. The van der Waals surface area contributed by atoms with Crippen LogP contribution in [-0.2, 0) is 9.59 Å². The quantitative estimate of drug-likeness (QED) is 0.798. The van der Waals surface area contributed by atoms with E-state index in [0.29, 0.717) is 24.5 Å². The van der Waals surface area contributed by atoms with Gasteiger partial charge in [-0.25, -0.2) is 0 Å². The second-order valence-electron chi connectivity index (χ2n) is 6.20. The lowest BCUT2D eigenvalue weighted by atomic mass is 10.2. The van der Waals surface area contributed by atoms with E-state index in [9.17, 15) is 9.59 Å². The molecule has 2 amide bonds. The predicted molar refractivity (Wildman–Crippen MR) is 104 cm³/mol. The summed E-state index contributed by atoms with van der Waals surface area (Å²) in [7, 11) is 3.14. The third-order valence-electron chi connectivity index (χ3n) is 4.37. The summed E-state index contributed by atoms with van der Waals surface area (Å²) in [6.07, 6.45) is 3.45. The summed E-state index contributed by atoms with van der Waals surface area (Å²) in [4.78, 5) is 26.1. The Hall–Kier alpha value is -3.28. The van der Waals surface area contributed by atoms with E-state index in [4.69, 9.17) is 9.47 Å². The van der Waals surface area contributed by atoms with Gasteiger partial charge in [-0.2, -0.15) is 0 Å². The monoisotopic (exact) mass is 366 g/mol. The van der Waals surface area contributed by atoms with Crippen molar-refractivity contribution in [2.45, 2.75) is 12.5 Å². The second-order valence-corrected chi connectivity index (χ2v) is 6.20. The molecule has 0 saturated carbocycles. The number of nitrogens with zero attached hydrogens (tertiary/aromatic N) is 1. The Morgan fingerprint density at radius 1 is 1.11 bits per heavy atom. The van der Waals surface area contributed by atoms with E-state index in [1.807, 2.05) is 36.4 Å². The van der Waals surface area contributed by atoms with Gasteiger partial charge in [-0.1, -0.05) is 24.3 Å². The highest BCUT2D eigenvalue weighted by Crippen LogP contribution is 2.28. The summed E-state index contributed by atoms with van der Waals surface area (Å²) in [5, 5.41) is 2.89. The topological polar surface area (TPSA) is 67.9 Å². The molecule has 140 valence electrons. The van der Waals surface area contributed by atoms with Crippen LogP contribution >= 0.6 is 0 Å². The van der Waals surface area contributed by atoms with Crippen molar-refractivity contribution in [1.82, 2.24) is 5.32 Å². The number of para-hydroxylation sites is 1. The molecule has 1 aliphatic rings. The molecule has 0 spiro atoms. The number of carbonyl (C=O) groups is 2. The molecule has 3 rings (SSSR count). The fourth-order valence-corrected chi connectivity index (χ4v) is 3.04. The number of rotatable bonds is 6. The molecule has 6 nitrogen and oxygen atoms in total. The van der Waals surface area contributed by atoms with E-state index in [0.717, 1.165) is 11.3 Å². The molecule has 1 N–H and O–H groups in total. The molecule has 0 radical (unpaired) electrons. The van der Waals surface area contributed by atoms with Gasteiger partial charge in [0.05, 0.1) is 20.3 Å². The molecule has 1 aliphatic heterocycles. The number of amides is 2. The molecule has 1 atom stereocenters. The van der Waals surface area contributed by atoms with Crippen molar-refractivity contribution in [3.8, 4) is 11.5 Å². The van der Waals surface area contributed by atoms with E-state index in [1.54, 1.807) is 37.3 Å². The zero-order valence-electron chi connectivity index (χ0n) is 15.3. The summed E-state index contributed by atoms with van der Waals surface area (Å²) in [6.45, 7) is 0.471. The van der Waals surface area contributed by atoms with Crippen molar-refractivity contribution in [3.63, 3.8) is 0 Å². The second kappa shape index (κ2) is 8.40. The van der Waals surface area contributed by atoms with Gasteiger partial charge in [0.15, 0.2) is 11.5 Å². The normalized spacial score (nSPS) is 16.6. The maximum absolute atomic E-state index is 12.2. The molecule has 27 heavy (non-hydrogen) atoms. The smallest absolute Gasteiger partial charge is 0.244 e. The van der Waals surface area contributed by atoms with Crippen LogP contribution in [0.5, 0.6) is 11.5 Å². The van der Waals surface area contributed by atoms with Crippen LogP contribution in [-0.4, -0.2) is 38.6 Å². The molecule has 2 aromatic carbocycles. The minimum absolute atomic E-state index is 0.00960. The van der Waals surface area contributed by atoms with Crippen LogP contribution in [0.2, 0.25) is 0 Å². The molecule has 6 heteroatoms. The lowest BCUT2D eigenvalue weighted by Crippen LogP contribution is -2.36. The number of anilines is 1. The van der Waals surface area contributed by atoms with E-state index < -0.39 is 0 Å². The average Bonchev–Trinajstić information content (AvgIpc) is 3.06. The Morgan fingerprint density at radius 2 is 1.85 bits per heavy atom. The van der Waals surface area contributed by atoms with Crippen LogP contribution in [0.1, 0.15) is 12.0 Å². The molecule has 1 heterocycles. The van der Waals surface area contributed by atoms with E-state index >= 15 is 0 Å². The first-order chi connectivity index (χ1) is 13.1. The third-order valence-corrected chi connectivity index (χ3v) is 4.37. The largest absolute Gasteiger partial charge is 0.493 e. The molecular weight excluding hydrogens is 344 g/mol. The minimum Gasteiger partial charge on any atom is -0.493 e. The predicted octanol–water partition coefficient (Wildman–Crippen LogP) is 2.64. The van der Waals surface area contributed by atoms with Gasteiger partial charge in [0, 0.05) is 24.7 Å². The van der Waals surface area contributed by atoms with Gasteiger partial charge in [0.1, 0.15) is 0 Å². The molecule has 0 bridgehead atoms. The van der Waals surface area contributed by atoms with Gasteiger partial charge in [0.25, 0.3) is 0 Å². The van der Waals surface area contributed by atoms with Crippen molar-refractivity contribution in [1.29, 1.82) is 0 Å². The Balaban J connectivity index is 1.60. The van der Waals surface area contributed by atoms with Crippen molar-refractivity contribution in [2.75, 3.05) is 25.7 Å². The lowest BCUT2D eigenvalue weighted by molar-refractivity contribution is -0.117. The number of hydrogen-bond donors (Lipinski definition) is 1. The Kier molecular flexibility index (Phi) is 5.76. The fraction of sp³-hybridized carbons (Fsp3) is 0.238. The van der Waals surface area contributed by atoms with Gasteiger partial charge in [-0.3, -0.25) is 9.59 Å². The Labute approximate surface area is 158 Å². The van der Waals surface area contributed by atoms with Crippen LogP contribution in [0.15, 0.2) is 54.6 Å². The first kappa shape index (κ1) is 18.5. The van der Waals surface area contributed by atoms with Crippen LogP contribution in [0.25, 0.3) is 6.08 Å². The van der Waals surface area contributed by atoms with Gasteiger partial charge in [0.2, 0.25) is 11.8 Å². The number of methoxy groups -OCH3 is 2. The summed E-state index contributed by atoms with van der Waals surface area (Å²) < 4.78 is 10.5. The van der Waals surface area contributed by atoms with E-state index in [1.165, 1.54) is 6.08 Å². The van der Waals surface area contributed by atoms with Crippen molar-refractivity contribution in [3.05, 3.63) is 60.2 Å². The van der Waals surface area contributed by atoms with Crippen molar-refractivity contribution >= 4 is 23.6 Å². The lowest BCUT2D eigenvalue weighted by Gasteiger charge is -2.16. The number of nitrogens with one attached hydrogen (secondary N) is 1.